The van der Waals surface area contributed by atoms with Gasteiger partial charge in [-0.2, -0.15) is 0 Å². The summed E-state index contributed by atoms with van der Waals surface area (Å²) in [6.07, 6.45) is 1.18. The van der Waals surface area contributed by atoms with Gasteiger partial charge in [0.05, 0.1) is 23.2 Å². The summed E-state index contributed by atoms with van der Waals surface area (Å²) in [6, 6.07) is 15.4. The van der Waals surface area contributed by atoms with Crippen LogP contribution in [0.2, 0.25) is 0 Å². The number of ether oxygens (including phenoxy) is 1. The number of nitrogens with one attached hydrogen (secondary N) is 2. The average molecular weight is 474 g/mol. The molecule has 0 fully saturated rings. The van der Waals surface area contributed by atoms with E-state index < -0.39 is 5.92 Å². The van der Waals surface area contributed by atoms with Crippen LogP contribution in [0.15, 0.2) is 71.1 Å². The Hall–Kier alpha value is -3.45. The van der Waals surface area contributed by atoms with Gasteiger partial charge in [0.15, 0.2) is 10.9 Å². The molecule has 0 bridgehead atoms. The second kappa shape index (κ2) is 8.40. The molecular weight excluding hydrogens is 446 g/mol. The maximum atomic E-state index is 13.7. The first-order chi connectivity index (χ1) is 16.3. The van der Waals surface area contributed by atoms with Crippen LogP contribution in [0, 0.1) is 5.41 Å². The lowest BCUT2D eigenvalue weighted by atomic mass is 9.68. The maximum absolute atomic E-state index is 13.7. The number of aromatic nitrogens is 1. The van der Waals surface area contributed by atoms with Gasteiger partial charge < -0.3 is 10.1 Å². The van der Waals surface area contributed by atoms with Crippen molar-refractivity contribution in [3.63, 3.8) is 0 Å². The number of ketones is 1. The van der Waals surface area contributed by atoms with Crippen molar-refractivity contribution in [2.45, 2.75) is 39.5 Å². The number of thiazole rings is 1. The van der Waals surface area contributed by atoms with Gasteiger partial charge in [0.25, 0.3) is 5.91 Å². The maximum Gasteiger partial charge on any atom is 0.256 e. The van der Waals surface area contributed by atoms with E-state index in [1.54, 1.807) is 7.11 Å². The number of Topliss-reactive ketones (excluding diaryl/α,β-unsaturated/α-hetero) is 1. The SMILES string of the molecule is COc1ccccc1[C@H]1C(C(=O)Nc2nc3ccccc3s2)=C(C)NC2=C1C(=O)CC(C)(C)C2. The third-order valence-electron chi connectivity index (χ3n) is 6.45. The molecule has 1 aromatic heterocycles. The van der Waals surface area contributed by atoms with E-state index in [0.29, 0.717) is 28.4 Å². The van der Waals surface area contributed by atoms with Gasteiger partial charge in [0.1, 0.15) is 5.75 Å². The molecule has 7 heteroatoms. The van der Waals surface area contributed by atoms with Crippen LogP contribution in [-0.4, -0.2) is 23.8 Å². The molecule has 174 valence electrons. The molecule has 0 saturated carbocycles. The molecule has 1 aliphatic heterocycles. The number of rotatable bonds is 4. The summed E-state index contributed by atoms with van der Waals surface area (Å²) in [5.41, 5.74) is 4.30. The van der Waals surface area contributed by atoms with E-state index in [0.717, 1.165) is 33.6 Å². The van der Waals surface area contributed by atoms with Crippen molar-refractivity contribution >= 4 is 38.4 Å². The Bertz CT molecular complexity index is 1350. The number of methoxy groups -OCH3 is 1. The lowest BCUT2D eigenvalue weighted by Gasteiger charge is -2.39. The van der Waals surface area contributed by atoms with E-state index in [1.807, 2.05) is 55.5 Å². The molecule has 0 radical (unpaired) electrons. The largest absolute Gasteiger partial charge is 0.496 e. The molecule has 2 N–H and O–H groups in total. The molecule has 2 aromatic carbocycles. The first-order valence-corrected chi connectivity index (χ1v) is 12.1. The van der Waals surface area contributed by atoms with Crippen LogP contribution >= 0.6 is 11.3 Å². The van der Waals surface area contributed by atoms with Crippen molar-refractivity contribution in [3.8, 4) is 5.75 Å². The van der Waals surface area contributed by atoms with Gasteiger partial charge in [-0.25, -0.2) is 4.98 Å². The highest BCUT2D eigenvalue weighted by molar-refractivity contribution is 7.22. The molecule has 2 heterocycles. The van der Waals surface area contributed by atoms with Crippen molar-refractivity contribution in [2.24, 2.45) is 5.41 Å². The van der Waals surface area contributed by atoms with Crippen molar-refractivity contribution in [1.82, 2.24) is 10.3 Å². The summed E-state index contributed by atoms with van der Waals surface area (Å²) >= 11 is 1.43. The van der Waals surface area contributed by atoms with Crippen molar-refractivity contribution in [2.75, 3.05) is 12.4 Å². The normalized spacial score (nSPS) is 19.6. The van der Waals surface area contributed by atoms with Crippen molar-refractivity contribution < 1.29 is 14.3 Å². The third kappa shape index (κ3) is 3.90. The van der Waals surface area contributed by atoms with Crippen LogP contribution in [-0.2, 0) is 9.59 Å². The number of dihydropyridines is 1. The second-order valence-corrected chi connectivity index (χ2v) is 10.6. The topological polar surface area (TPSA) is 80.3 Å². The highest BCUT2D eigenvalue weighted by atomic mass is 32.1. The van der Waals surface area contributed by atoms with Crippen LogP contribution in [0.4, 0.5) is 5.13 Å². The Morgan fingerprint density at radius 2 is 1.88 bits per heavy atom. The Kier molecular flexibility index (Phi) is 5.52. The van der Waals surface area contributed by atoms with Crippen LogP contribution < -0.4 is 15.4 Å². The second-order valence-electron chi connectivity index (χ2n) is 9.61. The highest BCUT2D eigenvalue weighted by Crippen LogP contribution is 2.48. The van der Waals surface area contributed by atoms with E-state index in [1.165, 1.54) is 11.3 Å². The summed E-state index contributed by atoms with van der Waals surface area (Å²) in [5.74, 6) is -0.0843. The monoisotopic (exact) mass is 473 g/mol. The molecule has 2 aliphatic rings. The van der Waals surface area contributed by atoms with Crippen molar-refractivity contribution in [1.29, 1.82) is 0 Å². The Morgan fingerprint density at radius 3 is 2.65 bits per heavy atom. The molecule has 1 atom stereocenters. The molecule has 0 unspecified atom stereocenters. The lowest BCUT2D eigenvalue weighted by Crippen LogP contribution is -2.39. The van der Waals surface area contributed by atoms with Crippen LogP contribution in [0.25, 0.3) is 10.2 Å². The fourth-order valence-electron chi connectivity index (χ4n) is 5.04. The minimum Gasteiger partial charge on any atom is -0.496 e. The summed E-state index contributed by atoms with van der Waals surface area (Å²) < 4.78 is 6.66. The summed E-state index contributed by atoms with van der Waals surface area (Å²) in [4.78, 5) is 31.8. The van der Waals surface area contributed by atoms with E-state index in [4.69, 9.17) is 4.74 Å². The minimum atomic E-state index is -0.523. The van der Waals surface area contributed by atoms with E-state index in [9.17, 15) is 9.59 Å². The van der Waals surface area contributed by atoms with Crippen LogP contribution in [0.5, 0.6) is 5.75 Å². The number of fused-ring (bicyclic) bond motifs is 1. The summed E-state index contributed by atoms with van der Waals surface area (Å²) in [6.45, 7) is 6.09. The molecule has 1 amide bonds. The number of carbonyl (C=O) groups is 2. The fourth-order valence-corrected chi connectivity index (χ4v) is 5.90. The molecule has 5 rings (SSSR count). The predicted molar refractivity (Wildman–Crippen MR) is 135 cm³/mol. The molecule has 6 nitrogen and oxygen atoms in total. The number of allylic oxidation sites excluding steroid dienone is 3. The number of para-hydroxylation sites is 2. The van der Waals surface area contributed by atoms with Crippen molar-refractivity contribution in [3.05, 3.63) is 76.6 Å². The van der Waals surface area contributed by atoms with Gasteiger partial charge in [-0.3, -0.25) is 14.9 Å². The zero-order valence-electron chi connectivity index (χ0n) is 19.7. The van der Waals surface area contributed by atoms with Gasteiger partial charge in [-0.1, -0.05) is 55.5 Å². The predicted octanol–water partition coefficient (Wildman–Crippen LogP) is 5.55. The molecule has 1 aliphatic carbocycles. The summed E-state index contributed by atoms with van der Waals surface area (Å²) in [5, 5.41) is 6.92. The smallest absolute Gasteiger partial charge is 0.256 e. The number of benzene rings is 2. The third-order valence-corrected chi connectivity index (χ3v) is 7.40. The number of amides is 1. The van der Waals surface area contributed by atoms with Gasteiger partial charge in [-0.15, -0.1) is 0 Å². The first-order valence-electron chi connectivity index (χ1n) is 11.3. The zero-order chi connectivity index (χ0) is 24.0. The van der Waals surface area contributed by atoms with E-state index in [2.05, 4.69) is 29.5 Å². The Labute approximate surface area is 202 Å². The number of hydrogen-bond acceptors (Lipinski definition) is 6. The zero-order valence-corrected chi connectivity index (χ0v) is 20.5. The summed E-state index contributed by atoms with van der Waals surface area (Å²) in [7, 11) is 1.61. The lowest BCUT2D eigenvalue weighted by molar-refractivity contribution is -0.118. The average Bonchev–Trinajstić information content (AvgIpc) is 3.19. The van der Waals surface area contributed by atoms with E-state index in [-0.39, 0.29) is 17.1 Å². The molecule has 0 saturated heterocycles. The number of nitrogens with zero attached hydrogens (tertiary/aromatic N) is 1. The van der Waals surface area contributed by atoms with Gasteiger partial charge in [0.2, 0.25) is 0 Å². The Balaban J connectivity index is 1.61. The van der Waals surface area contributed by atoms with Gasteiger partial charge in [0, 0.05) is 34.5 Å². The standard InChI is InChI=1S/C27H27N3O3S/c1-15-22(25(32)30-26-29-17-10-6-8-12-21(17)34-26)23(16-9-5-7-11-20(16)33-4)24-18(28-15)13-27(2,3)14-19(24)31/h5-12,23,28H,13-14H2,1-4H3,(H,29,30,32)/t23-/m0/s1. The van der Waals surface area contributed by atoms with Gasteiger partial charge >= 0.3 is 0 Å². The minimum absolute atomic E-state index is 0.0624. The quantitative estimate of drug-likeness (QED) is 0.519. The van der Waals surface area contributed by atoms with Crippen LogP contribution in [0.1, 0.15) is 45.1 Å². The first kappa shape index (κ1) is 22.3. The molecule has 34 heavy (non-hydrogen) atoms. The number of hydrogen-bond donors (Lipinski definition) is 2. The number of anilines is 1. The van der Waals surface area contributed by atoms with Gasteiger partial charge in [-0.05, 0) is 37.0 Å². The Morgan fingerprint density at radius 1 is 1.15 bits per heavy atom. The fraction of sp³-hybridized carbons (Fsp3) is 0.296. The van der Waals surface area contributed by atoms with Crippen LogP contribution in [0.3, 0.4) is 0 Å². The molecule has 3 aromatic rings. The molecular formula is C27H27N3O3S. The highest BCUT2D eigenvalue weighted by Gasteiger charge is 2.43. The number of carbonyl (C=O) groups excluding carboxylic acids is 2. The molecule has 0 spiro atoms. The van der Waals surface area contributed by atoms with E-state index >= 15 is 0 Å².